The molecule has 0 aliphatic carbocycles. The van der Waals surface area contributed by atoms with Gasteiger partial charge in [-0.25, -0.2) is 4.98 Å². The van der Waals surface area contributed by atoms with Crippen LogP contribution in [-0.2, 0) is 9.53 Å². The molecule has 144 valence electrons. The number of rotatable bonds is 7. The summed E-state index contributed by atoms with van der Waals surface area (Å²) in [6.07, 6.45) is 5.92. The summed E-state index contributed by atoms with van der Waals surface area (Å²) in [6.45, 7) is 8.92. The smallest absolute Gasteiger partial charge is 0.305 e. The van der Waals surface area contributed by atoms with Gasteiger partial charge in [0.25, 0.3) is 0 Å². The number of hydrogen-bond acceptors (Lipinski definition) is 6. The van der Waals surface area contributed by atoms with Gasteiger partial charge in [0.2, 0.25) is 0 Å². The number of piperidine rings is 1. The molecule has 0 amide bonds. The second kappa shape index (κ2) is 9.88. The van der Waals surface area contributed by atoms with Crippen molar-refractivity contribution in [3.05, 3.63) is 24.4 Å². The summed E-state index contributed by atoms with van der Waals surface area (Å²) in [4.78, 5) is 23.2. The van der Waals surface area contributed by atoms with Crippen LogP contribution in [0.2, 0.25) is 0 Å². The van der Waals surface area contributed by atoms with Crippen molar-refractivity contribution in [2.75, 3.05) is 64.4 Å². The summed E-state index contributed by atoms with van der Waals surface area (Å²) in [5.74, 6) is 1.76. The number of ether oxygens (including phenoxy) is 1. The zero-order chi connectivity index (χ0) is 18.2. The minimum atomic E-state index is -0.0932. The molecule has 2 aliphatic heterocycles. The van der Waals surface area contributed by atoms with E-state index in [9.17, 15) is 4.79 Å². The third kappa shape index (κ3) is 5.68. The first kappa shape index (κ1) is 19.1. The topological polar surface area (TPSA) is 48.9 Å². The van der Waals surface area contributed by atoms with Crippen LogP contribution in [0.1, 0.15) is 25.7 Å². The van der Waals surface area contributed by atoms with Gasteiger partial charge in [0, 0.05) is 51.9 Å². The Morgan fingerprint density at radius 2 is 2.04 bits per heavy atom. The number of aromatic nitrogens is 1. The molecule has 3 heterocycles. The number of carbonyl (C=O) groups is 1. The van der Waals surface area contributed by atoms with Crippen molar-refractivity contribution in [3.8, 4) is 0 Å². The summed E-state index contributed by atoms with van der Waals surface area (Å²) in [5, 5.41) is 0. The number of methoxy groups -OCH3 is 1. The van der Waals surface area contributed by atoms with E-state index in [4.69, 9.17) is 4.74 Å². The van der Waals surface area contributed by atoms with Crippen LogP contribution >= 0.6 is 0 Å². The maximum Gasteiger partial charge on any atom is 0.305 e. The van der Waals surface area contributed by atoms with Crippen molar-refractivity contribution in [2.24, 2.45) is 5.92 Å². The first-order valence-electron chi connectivity index (χ1n) is 9.92. The van der Waals surface area contributed by atoms with Crippen LogP contribution in [0.15, 0.2) is 24.4 Å². The lowest BCUT2D eigenvalue weighted by Crippen LogP contribution is -2.49. The lowest BCUT2D eigenvalue weighted by Gasteiger charge is -2.39. The normalized spacial score (nSPS) is 22.3. The van der Waals surface area contributed by atoms with Gasteiger partial charge in [-0.3, -0.25) is 9.69 Å². The van der Waals surface area contributed by atoms with E-state index in [0.717, 1.165) is 50.9 Å². The third-order valence-corrected chi connectivity index (χ3v) is 5.55. The van der Waals surface area contributed by atoms with Gasteiger partial charge < -0.3 is 14.5 Å². The van der Waals surface area contributed by atoms with Crippen LogP contribution in [-0.4, -0.2) is 80.2 Å². The summed E-state index contributed by atoms with van der Waals surface area (Å²) in [5.41, 5.74) is 0. The molecule has 1 aromatic heterocycles. The van der Waals surface area contributed by atoms with Crippen LogP contribution in [0, 0.1) is 5.92 Å². The molecule has 0 saturated carbocycles. The Morgan fingerprint density at radius 1 is 1.19 bits per heavy atom. The molecule has 0 spiro atoms. The van der Waals surface area contributed by atoms with Gasteiger partial charge in [-0.05, 0) is 50.4 Å². The molecule has 2 aliphatic rings. The monoisotopic (exact) mass is 360 g/mol. The van der Waals surface area contributed by atoms with Crippen molar-refractivity contribution < 1.29 is 9.53 Å². The first-order chi connectivity index (χ1) is 12.7. The predicted octanol–water partition coefficient (Wildman–Crippen LogP) is 1.87. The number of piperazine rings is 1. The van der Waals surface area contributed by atoms with E-state index in [2.05, 4.69) is 31.8 Å². The molecule has 3 rings (SSSR count). The van der Waals surface area contributed by atoms with E-state index in [1.54, 1.807) is 0 Å². The lowest BCUT2D eigenvalue weighted by molar-refractivity contribution is -0.140. The van der Waals surface area contributed by atoms with E-state index >= 15 is 0 Å². The molecule has 1 aromatic rings. The quantitative estimate of drug-likeness (QED) is 0.692. The van der Waals surface area contributed by atoms with Crippen molar-refractivity contribution in [2.45, 2.75) is 25.7 Å². The van der Waals surface area contributed by atoms with Crippen LogP contribution in [0.25, 0.3) is 0 Å². The zero-order valence-corrected chi connectivity index (χ0v) is 16.0. The Kier molecular flexibility index (Phi) is 7.26. The van der Waals surface area contributed by atoms with E-state index in [1.807, 2.05) is 12.3 Å². The Morgan fingerprint density at radius 3 is 2.77 bits per heavy atom. The molecule has 0 aromatic carbocycles. The number of pyridine rings is 1. The number of hydrogen-bond donors (Lipinski definition) is 0. The Bertz CT molecular complexity index is 546. The maximum absolute atomic E-state index is 11.3. The van der Waals surface area contributed by atoms with E-state index in [-0.39, 0.29) is 5.97 Å². The predicted molar refractivity (Wildman–Crippen MR) is 103 cm³/mol. The minimum absolute atomic E-state index is 0.0932. The summed E-state index contributed by atoms with van der Waals surface area (Å²) < 4.78 is 4.73. The molecule has 0 bridgehead atoms. The highest BCUT2D eigenvalue weighted by atomic mass is 16.5. The van der Waals surface area contributed by atoms with Crippen LogP contribution in [0.5, 0.6) is 0 Å². The summed E-state index contributed by atoms with van der Waals surface area (Å²) in [6, 6.07) is 6.13. The third-order valence-electron chi connectivity index (χ3n) is 5.55. The Labute approximate surface area is 157 Å². The second-order valence-corrected chi connectivity index (χ2v) is 7.46. The van der Waals surface area contributed by atoms with Gasteiger partial charge in [0.1, 0.15) is 5.82 Å². The number of nitrogens with zero attached hydrogens (tertiary/aromatic N) is 4. The second-order valence-electron chi connectivity index (χ2n) is 7.46. The lowest BCUT2D eigenvalue weighted by atomic mass is 9.97. The SMILES string of the molecule is COC(=O)CCCN1CCCC(CN2CCN(c3ccccn3)CC2)C1. The molecule has 0 N–H and O–H groups in total. The van der Waals surface area contributed by atoms with Crippen molar-refractivity contribution in [1.82, 2.24) is 14.8 Å². The average molecular weight is 361 g/mol. The number of likely N-dealkylation sites (tertiary alicyclic amines) is 1. The fourth-order valence-corrected chi connectivity index (χ4v) is 4.12. The number of anilines is 1. The van der Waals surface area contributed by atoms with E-state index < -0.39 is 0 Å². The minimum Gasteiger partial charge on any atom is -0.469 e. The largest absolute Gasteiger partial charge is 0.469 e. The Hall–Kier alpha value is -1.66. The van der Waals surface area contributed by atoms with Crippen LogP contribution in [0.4, 0.5) is 5.82 Å². The molecule has 2 fully saturated rings. The highest BCUT2D eigenvalue weighted by Gasteiger charge is 2.24. The highest BCUT2D eigenvalue weighted by molar-refractivity contribution is 5.69. The zero-order valence-electron chi connectivity index (χ0n) is 16.0. The molecule has 1 atom stereocenters. The fourth-order valence-electron chi connectivity index (χ4n) is 4.12. The van der Waals surface area contributed by atoms with Crippen molar-refractivity contribution >= 4 is 11.8 Å². The molecule has 26 heavy (non-hydrogen) atoms. The van der Waals surface area contributed by atoms with Gasteiger partial charge in [0.05, 0.1) is 7.11 Å². The molecule has 0 radical (unpaired) electrons. The number of esters is 1. The van der Waals surface area contributed by atoms with Crippen LogP contribution < -0.4 is 4.90 Å². The number of carbonyl (C=O) groups excluding carboxylic acids is 1. The average Bonchev–Trinajstić information content (AvgIpc) is 2.69. The molecule has 6 heteroatoms. The molecule has 1 unspecified atom stereocenters. The highest BCUT2D eigenvalue weighted by Crippen LogP contribution is 2.20. The molecular formula is C20H32N4O2. The fraction of sp³-hybridized carbons (Fsp3) is 0.700. The van der Waals surface area contributed by atoms with Crippen molar-refractivity contribution in [1.29, 1.82) is 0 Å². The van der Waals surface area contributed by atoms with Crippen LogP contribution in [0.3, 0.4) is 0 Å². The summed E-state index contributed by atoms with van der Waals surface area (Å²) in [7, 11) is 1.47. The van der Waals surface area contributed by atoms with Gasteiger partial charge in [0.15, 0.2) is 0 Å². The summed E-state index contributed by atoms with van der Waals surface area (Å²) >= 11 is 0. The first-order valence-corrected chi connectivity index (χ1v) is 9.92. The van der Waals surface area contributed by atoms with Gasteiger partial charge in [-0.1, -0.05) is 6.07 Å². The van der Waals surface area contributed by atoms with E-state index in [1.165, 1.54) is 39.6 Å². The Balaban J connectivity index is 1.37. The van der Waals surface area contributed by atoms with Gasteiger partial charge >= 0.3 is 5.97 Å². The van der Waals surface area contributed by atoms with Crippen molar-refractivity contribution in [3.63, 3.8) is 0 Å². The molecular weight excluding hydrogens is 328 g/mol. The molecule has 6 nitrogen and oxygen atoms in total. The maximum atomic E-state index is 11.3. The van der Waals surface area contributed by atoms with E-state index in [0.29, 0.717) is 6.42 Å². The van der Waals surface area contributed by atoms with Gasteiger partial charge in [-0.15, -0.1) is 0 Å². The van der Waals surface area contributed by atoms with Gasteiger partial charge in [-0.2, -0.15) is 0 Å². The molecule has 2 saturated heterocycles. The standard InChI is InChI=1S/C20H32N4O2/c1-26-20(25)8-5-11-22-10-4-6-18(16-22)17-23-12-14-24(15-13-23)19-7-2-3-9-21-19/h2-3,7,9,18H,4-6,8,10-17H2,1H3.